The van der Waals surface area contributed by atoms with E-state index in [9.17, 15) is 10.1 Å². The molecule has 0 saturated heterocycles. The number of anilines is 1. The number of carbonyl (C=O) groups is 1. The summed E-state index contributed by atoms with van der Waals surface area (Å²) in [5, 5.41) is 13.1. The number of nitriles is 1. The van der Waals surface area contributed by atoms with Gasteiger partial charge < -0.3 is 5.32 Å². The van der Waals surface area contributed by atoms with E-state index in [0.29, 0.717) is 17.0 Å². The van der Waals surface area contributed by atoms with Crippen LogP contribution in [0.1, 0.15) is 67.0 Å². The fourth-order valence-electron chi connectivity index (χ4n) is 3.64. The Labute approximate surface area is 178 Å². The molecule has 1 aromatic heterocycles. The molecule has 1 amide bonds. The Morgan fingerprint density at radius 3 is 2.62 bits per heavy atom. The first-order chi connectivity index (χ1) is 14.0. The standard InChI is InChI=1S/C24H29N3OS/c1-4-22(23(28)26-20-12-11-16(2)17(3)13-20)29-24-19(15-25)14-18-9-7-5-6-8-10-21(18)27-24/h11-14,22H,4-10H2,1-3H3,(H,26,28). The van der Waals surface area contributed by atoms with Crippen LogP contribution in [0.2, 0.25) is 0 Å². The second-order valence-electron chi connectivity index (χ2n) is 7.78. The van der Waals surface area contributed by atoms with Crippen LogP contribution in [-0.4, -0.2) is 16.1 Å². The van der Waals surface area contributed by atoms with Crippen LogP contribution in [0.4, 0.5) is 5.69 Å². The molecule has 1 aromatic carbocycles. The van der Waals surface area contributed by atoms with Gasteiger partial charge >= 0.3 is 0 Å². The van der Waals surface area contributed by atoms with Crippen molar-refractivity contribution in [1.82, 2.24) is 4.98 Å². The van der Waals surface area contributed by atoms with Gasteiger partial charge in [-0.1, -0.05) is 37.6 Å². The highest BCUT2D eigenvalue weighted by molar-refractivity contribution is 8.00. The zero-order valence-electron chi connectivity index (χ0n) is 17.5. The molecule has 0 aliphatic heterocycles. The molecule has 1 aliphatic carbocycles. The normalized spacial score (nSPS) is 14.8. The summed E-state index contributed by atoms with van der Waals surface area (Å²) in [6.45, 7) is 6.09. The Kier molecular flexibility index (Phi) is 7.33. The third-order valence-electron chi connectivity index (χ3n) is 5.58. The van der Waals surface area contributed by atoms with Crippen molar-refractivity contribution >= 4 is 23.4 Å². The number of hydrogen-bond acceptors (Lipinski definition) is 4. The summed E-state index contributed by atoms with van der Waals surface area (Å²) in [7, 11) is 0. The number of nitrogens with one attached hydrogen (secondary N) is 1. The van der Waals surface area contributed by atoms with Crippen LogP contribution in [0.15, 0.2) is 29.3 Å². The first-order valence-electron chi connectivity index (χ1n) is 10.5. The average molecular weight is 408 g/mol. The van der Waals surface area contributed by atoms with Gasteiger partial charge in [-0.25, -0.2) is 4.98 Å². The van der Waals surface area contributed by atoms with Crippen LogP contribution in [0.25, 0.3) is 0 Å². The van der Waals surface area contributed by atoms with Gasteiger partial charge in [0.1, 0.15) is 11.1 Å². The van der Waals surface area contributed by atoms with Crippen LogP contribution >= 0.6 is 11.8 Å². The van der Waals surface area contributed by atoms with Gasteiger partial charge in [0, 0.05) is 11.4 Å². The Bertz CT molecular complexity index is 932. The van der Waals surface area contributed by atoms with Gasteiger partial charge in [0.25, 0.3) is 0 Å². The lowest BCUT2D eigenvalue weighted by molar-refractivity contribution is -0.115. The first-order valence-corrected chi connectivity index (χ1v) is 11.4. The van der Waals surface area contributed by atoms with Crippen molar-refractivity contribution in [2.24, 2.45) is 0 Å². The monoisotopic (exact) mass is 407 g/mol. The molecule has 0 spiro atoms. The number of benzene rings is 1. The first kappa shape index (κ1) is 21.4. The molecule has 2 aromatic rings. The van der Waals surface area contributed by atoms with E-state index in [4.69, 9.17) is 4.98 Å². The molecule has 0 saturated carbocycles. The predicted molar refractivity (Wildman–Crippen MR) is 119 cm³/mol. The number of thioether (sulfide) groups is 1. The number of amides is 1. The highest BCUT2D eigenvalue weighted by atomic mass is 32.2. The van der Waals surface area contributed by atoms with Crippen molar-refractivity contribution in [3.8, 4) is 6.07 Å². The van der Waals surface area contributed by atoms with Gasteiger partial charge in [0.2, 0.25) is 5.91 Å². The molecule has 4 nitrogen and oxygen atoms in total. The average Bonchev–Trinajstić information content (AvgIpc) is 2.69. The van der Waals surface area contributed by atoms with Gasteiger partial charge in [0.05, 0.1) is 10.8 Å². The number of rotatable bonds is 5. The van der Waals surface area contributed by atoms with Crippen LogP contribution in [0.3, 0.4) is 0 Å². The maximum atomic E-state index is 12.9. The molecule has 1 heterocycles. The van der Waals surface area contributed by atoms with E-state index in [0.717, 1.165) is 42.6 Å². The SMILES string of the molecule is CCC(Sc1nc2c(cc1C#N)CCCCCC2)C(=O)Nc1ccc(C)c(C)c1. The Hall–Kier alpha value is -2.32. The quantitative estimate of drug-likeness (QED) is 0.642. The summed E-state index contributed by atoms with van der Waals surface area (Å²) in [5.74, 6) is -0.0433. The van der Waals surface area contributed by atoms with Gasteiger partial charge in [0.15, 0.2) is 0 Å². The molecule has 1 atom stereocenters. The Morgan fingerprint density at radius 2 is 1.93 bits per heavy atom. The van der Waals surface area contributed by atoms with Crippen molar-refractivity contribution < 1.29 is 4.79 Å². The topological polar surface area (TPSA) is 65.8 Å². The summed E-state index contributed by atoms with van der Waals surface area (Å²) < 4.78 is 0. The minimum atomic E-state index is -0.289. The second-order valence-corrected chi connectivity index (χ2v) is 8.97. The second kappa shape index (κ2) is 9.93. The fraction of sp³-hybridized carbons (Fsp3) is 0.458. The lowest BCUT2D eigenvalue weighted by Gasteiger charge is -2.18. The summed E-state index contributed by atoms with van der Waals surface area (Å²) in [4.78, 5) is 17.7. The van der Waals surface area contributed by atoms with Gasteiger partial charge in [-0.2, -0.15) is 5.26 Å². The highest BCUT2D eigenvalue weighted by Gasteiger charge is 2.22. The van der Waals surface area contributed by atoms with Crippen molar-refractivity contribution in [3.05, 3.63) is 52.2 Å². The van der Waals surface area contributed by atoms with Crippen LogP contribution in [-0.2, 0) is 17.6 Å². The highest BCUT2D eigenvalue weighted by Crippen LogP contribution is 2.31. The van der Waals surface area contributed by atoms with E-state index < -0.39 is 0 Å². The van der Waals surface area contributed by atoms with Gasteiger partial charge in [-0.15, -0.1) is 0 Å². The molecule has 0 fully saturated rings. The number of nitrogens with zero attached hydrogens (tertiary/aromatic N) is 2. The Balaban J connectivity index is 1.80. The van der Waals surface area contributed by atoms with Crippen molar-refractivity contribution in [1.29, 1.82) is 5.26 Å². The van der Waals surface area contributed by atoms with Crippen molar-refractivity contribution in [3.63, 3.8) is 0 Å². The van der Waals surface area contributed by atoms with Crippen LogP contribution < -0.4 is 5.32 Å². The molecule has 1 unspecified atom stereocenters. The maximum Gasteiger partial charge on any atom is 0.237 e. The number of pyridine rings is 1. The smallest absolute Gasteiger partial charge is 0.237 e. The zero-order chi connectivity index (χ0) is 20.8. The summed E-state index contributed by atoms with van der Waals surface area (Å²) in [6.07, 6.45) is 7.40. The van der Waals surface area contributed by atoms with E-state index in [2.05, 4.69) is 18.3 Å². The summed E-state index contributed by atoms with van der Waals surface area (Å²) in [6, 6.07) is 10.2. The molecule has 29 heavy (non-hydrogen) atoms. The van der Waals surface area contributed by atoms with Crippen molar-refractivity contribution in [2.75, 3.05) is 5.32 Å². The fourth-order valence-corrected chi connectivity index (χ4v) is 4.63. The summed E-state index contributed by atoms with van der Waals surface area (Å²) >= 11 is 1.41. The molecule has 0 bridgehead atoms. The zero-order valence-corrected chi connectivity index (χ0v) is 18.4. The molecule has 5 heteroatoms. The molecule has 152 valence electrons. The van der Waals surface area contributed by atoms with E-state index in [1.807, 2.05) is 38.1 Å². The largest absolute Gasteiger partial charge is 0.325 e. The van der Waals surface area contributed by atoms with E-state index in [1.54, 1.807) is 0 Å². The van der Waals surface area contributed by atoms with E-state index in [1.165, 1.54) is 35.7 Å². The third-order valence-corrected chi connectivity index (χ3v) is 6.94. The van der Waals surface area contributed by atoms with Crippen molar-refractivity contribution in [2.45, 2.75) is 76.0 Å². The van der Waals surface area contributed by atoms with Crippen LogP contribution in [0.5, 0.6) is 0 Å². The van der Waals surface area contributed by atoms with E-state index in [-0.39, 0.29) is 11.2 Å². The van der Waals surface area contributed by atoms with Crippen LogP contribution in [0, 0.1) is 25.2 Å². The summed E-state index contributed by atoms with van der Waals surface area (Å²) in [5.41, 5.74) is 6.07. The minimum Gasteiger partial charge on any atom is -0.325 e. The molecule has 0 radical (unpaired) electrons. The van der Waals surface area contributed by atoms with Gasteiger partial charge in [-0.3, -0.25) is 4.79 Å². The number of aryl methyl sites for hydroxylation is 4. The number of carbonyl (C=O) groups excluding carboxylic acids is 1. The lowest BCUT2D eigenvalue weighted by atomic mass is 9.96. The number of hydrogen-bond donors (Lipinski definition) is 1. The minimum absolute atomic E-state index is 0.0433. The van der Waals surface area contributed by atoms with Gasteiger partial charge in [-0.05, 0) is 80.8 Å². The maximum absolute atomic E-state index is 12.9. The molecular formula is C24H29N3OS. The number of fused-ring (bicyclic) bond motifs is 1. The lowest BCUT2D eigenvalue weighted by Crippen LogP contribution is -2.25. The molecule has 1 aliphatic rings. The molecule has 1 N–H and O–H groups in total. The third kappa shape index (κ3) is 5.39. The number of aromatic nitrogens is 1. The van der Waals surface area contributed by atoms with E-state index >= 15 is 0 Å². The molecular weight excluding hydrogens is 378 g/mol. The molecule has 3 rings (SSSR count). The Morgan fingerprint density at radius 1 is 1.17 bits per heavy atom. The predicted octanol–water partition coefficient (Wildman–Crippen LogP) is 5.74.